The molecule has 0 aromatic heterocycles. The van der Waals surface area contributed by atoms with Gasteiger partial charge in [0.05, 0.1) is 0 Å². The molecule has 0 bridgehead atoms. The van der Waals surface area contributed by atoms with Crippen LogP contribution in [0.3, 0.4) is 0 Å². The first-order valence-corrected chi connectivity index (χ1v) is 5.99. The summed E-state index contributed by atoms with van der Waals surface area (Å²) >= 11 is 0. The maximum atomic E-state index is 8.55. The van der Waals surface area contributed by atoms with E-state index >= 15 is 0 Å². The molecule has 2 rings (SSSR count). The van der Waals surface area contributed by atoms with Crippen LogP contribution in [0.5, 0.6) is 0 Å². The van der Waals surface area contributed by atoms with Gasteiger partial charge in [-0.25, -0.2) is 0 Å². The summed E-state index contributed by atoms with van der Waals surface area (Å²) in [6, 6.07) is 8.42. The van der Waals surface area contributed by atoms with E-state index < -0.39 is 0 Å². The molecule has 4 heteroatoms. The highest BCUT2D eigenvalue weighted by Gasteiger charge is 2.24. The molecule has 0 spiro atoms. The molecule has 17 heavy (non-hydrogen) atoms. The lowest BCUT2D eigenvalue weighted by atomic mass is 9.82. The first kappa shape index (κ1) is 11.9. The number of oxime groups is 1. The molecule has 1 saturated carbocycles. The van der Waals surface area contributed by atoms with Gasteiger partial charge in [0.2, 0.25) is 0 Å². The summed E-state index contributed by atoms with van der Waals surface area (Å²) in [5.41, 5.74) is 7.46. The monoisotopic (exact) mass is 233 g/mol. The van der Waals surface area contributed by atoms with Crippen molar-refractivity contribution in [1.29, 1.82) is 0 Å². The molecule has 92 valence electrons. The van der Waals surface area contributed by atoms with Crippen molar-refractivity contribution < 1.29 is 5.21 Å². The summed E-state index contributed by atoms with van der Waals surface area (Å²) in [6.45, 7) is 3.16. The second kappa shape index (κ2) is 5.19. The first-order valence-electron chi connectivity index (χ1n) is 5.99. The summed E-state index contributed by atoms with van der Waals surface area (Å²) in [7, 11) is 0. The standard InChI is InChI=1S/C13H19N3O/c1-9-6-12(7-9)15-8-10-2-4-11(5-3-10)13(14)16-17/h2-5,9,12,15,17H,6-8H2,1H3,(H2,14,16). The normalized spacial score (nSPS) is 24.4. The number of amidine groups is 1. The van der Waals surface area contributed by atoms with Crippen LogP contribution in [0, 0.1) is 5.92 Å². The fourth-order valence-corrected chi connectivity index (χ4v) is 2.18. The summed E-state index contributed by atoms with van der Waals surface area (Å²) in [6.07, 6.45) is 2.56. The predicted octanol–water partition coefficient (Wildman–Crippen LogP) is 1.67. The summed E-state index contributed by atoms with van der Waals surface area (Å²) < 4.78 is 0. The Morgan fingerprint density at radius 3 is 2.59 bits per heavy atom. The average Bonchev–Trinajstić information content (AvgIpc) is 2.33. The summed E-state index contributed by atoms with van der Waals surface area (Å²) in [4.78, 5) is 0. The highest BCUT2D eigenvalue weighted by atomic mass is 16.4. The Hall–Kier alpha value is -1.55. The summed E-state index contributed by atoms with van der Waals surface area (Å²) in [5.74, 6) is 1.02. The van der Waals surface area contributed by atoms with Gasteiger partial charge in [0.15, 0.2) is 5.84 Å². The van der Waals surface area contributed by atoms with Crippen molar-refractivity contribution in [1.82, 2.24) is 5.32 Å². The molecule has 0 heterocycles. The predicted molar refractivity (Wildman–Crippen MR) is 68.0 cm³/mol. The Bertz CT molecular complexity index is 394. The molecule has 1 aliphatic carbocycles. The van der Waals surface area contributed by atoms with Crippen LogP contribution in [0.4, 0.5) is 0 Å². The van der Waals surface area contributed by atoms with Crippen molar-refractivity contribution in [3.63, 3.8) is 0 Å². The van der Waals surface area contributed by atoms with E-state index in [1.807, 2.05) is 24.3 Å². The fraction of sp³-hybridized carbons (Fsp3) is 0.462. The molecule has 0 unspecified atom stereocenters. The van der Waals surface area contributed by atoms with Crippen molar-refractivity contribution in [2.24, 2.45) is 16.8 Å². The zero-order valence-electron chi connectivity index (χ0n) is 10.1. The van der Waals surface area contributed by atoms with Crippen LogP contribution in [0.1, 0.15) is 30.9 Å². The number of hydrogen-bond donors (Lipinski definition) is 3. The molecule has 4 nitrogen and oxygen atoms in total. The van der Waals surface area contributed by atoms with Gasteiger partial charge in [-0.3, -0.25) is 0 Å². The zero-order chi connectivity index (χ0) is 12.3. The lowest BCUT2D eigenvalue weighted by Gasteiger charge is -2.33. The minimum atomic E-state index is 0.150. The van der Waals surface area contributed by atoms with Crippen molar-refractivity contribution in [2.45, 2.75) is 32.4 Å². The molecule has 0 amide bonds. The number of hydrogen-bond acceptors (Lipinski definition) is 3. The average molecular weight is 233 g/mol. The van der Waals surface area contributed by atoms with Gasteiger partial charge in [-0.2, -0.15) is 0 Å². The van der Waals surface area contributed by atoms with E-state index in [0.29, 0.717) is 6.04 Å². The molecule has 1 aromatic carbocycles. The number of nitrogens with two attached hydrogens (primary N) is 1. The fourth-order valence-electron chi connectivity index (χ4n) is 2.18. The second-order valence-electron chi connectivity index (χ2n) is 4.84. The molecule has 1 aliphatic rings. The first-order chi connectivity index (χ1) is 8.19. The number of nitrogens with one attached hydrogen (secondary N) is 1. The van der Waals surface area contributed by atoms with Gasteiger partial charge in [-0.05, 0) is 24.3 Å². The van der Waals surface area contributed by atoms with E-state index in [1.165, 1.54) is 18.4 Å². The molecular formula is C13H19N3O. The van der Waals surface area contributed by atoms with E-state index in [1.54, 1.807) is 0 Å². The molecule has 4 N–H and O–H groups in total. The third kappa shape index (κ3) is 2.97. The van der Waals surface area contributed by atoms with Gasteiger partial charge < -0.3 is 16.3 Å². The Balaban J connectivity index is 1.85. The van der Waals surface area contributed by atoms with E-state index in [0.717, 1.165) is 18.0 Å². The Labute approximate surface area is 102 Å². The van der Waals surface area contributed by atoms with Gasteiger partial charge in [0.25, 0.3) is 0 Å². The van der Waals surface area contributed by atoms with Crippen molar-refractivity contribution in [3.05, 3.63) is 35.4 Å². The van der Waals surface area contributed by atoms with Crippen LogP contribution in [-0.2, 0) is 6.54 Å². The molecule has 0 radical (unpaired) electrons. The minimum absolute atomic E-state index is 0.150. The Morgan fingerprint density at radius 2 is 2.06 bits per heavy atom. The van der Waals surface area contributed by atoms with Crippen molar-refractivity contribution in [3.8, 4) is 0 Å². The van der Waals surface area contributed by atoms with E-state index in [4.69, 9.17) is 10.9 Å². The minimum Gasteiger partial charge on any atom is -0.409 e. The molecule has 1 aromatic rings. The SMILES string of the molecule is CC1CC(NCc2ccc(/C(N)=N/O)cc2)C1. The lowest BCUT2D eigenvalue weighted by molar-refractivity contribution is 0.240. The van der Waals surface area contributed by atoms with Gasteiger partial charge in [-0.1, -0.05) is 36.3 Å². The van der Waals surface area contributed by atoms with Gasteiger partial charge in [-0.15, -0.1) is 0 Å². The summed E-state index contributed by atoms with van der Waals surface area (Å²) in [5, 5.41) is 15.0. The number of rotatable bonds is 4. The maximum absolute atomic E-state index is 8.55. The second-order valence-corrected chi connectivity index (χ2v) is 4.84. The van der Waals surface area contributed by atoms with Crippen LogP contribution < -0.4 is 11.1 Å². The highest BCUT2D eigenvalue weighted by Crippen LogP contribution is 2.26. The van der Waals surface area contributed by atoms with Gasteiger partial charge in [0.1, 0.15) is 0 Å². The van der Waals surface area contributed by atoms with Gasteiger partial charge >= 0.3 is 0 Å². The van der Waals surface area contributed by atoms with Crippen LogP contribution in [-0.4, -0.2) is 17.1 Å². The van der Waals surface area contributed by atoms with E-state index in [-0.39, 0.29) is 5.84 Å². The smallest absolute Gasteiger partial charge is 0.170 e. The largest absolute Gasteiger partial charge is 0.409 e. The Morgan fingerprint density at radius 1 is 1.41 bits per heavy atom. The lowest BCUT2D eigenvalue weighted by Crippen LogP contribution is -2.39. The van der Waals surface area contributed by atoms with Crippen molar-refractivity contribution >= 4 is 5.84 Å². The third-order valence-corrected chi connectivity index (χ3v) is 3.33. The van der Waals surface area contributed by atoms with Crippen LogP contribution in [0.2, 0.25) is 0 Å². The topological polar surface area (TPSA) is 70.6 Å². The maximum Gasteiger partial charge on any atom is 0.170 e. The zero-order valence-corrected chi connectivity index (χ0v) is 10.1. The molecule has 1 fully saturated rings. The van der Waals surface area contributed by atoms with E-state index in [2.05, 4.69) is 17.4 Å². The molecule has 0 aliphatic heterocycles. The molecule has 0 atom stereocenters. The van der Waals surface area contributed by atoms with Crippen molar-refractivity contribution in [2.75, 3.05) is 0 Å². The van der Waals surface area contributed by atoms with Crippen LogP contribution >= 0.6 is 0 Å². The number of benzene rings is 1. The van der Waals surface area contributed by atoms with Gasteiger partial charge in [0, 0.05) is 18.2 Å². The van der Waals surface area contributed by atoms with Crippen LogP contribution in [0.15, 0.2) is 29.4 Å². The third-order valence-electron chi connectivity index (χ3n) is 3.33. The quantitative estimate of drug-likeness (QED) is 0.320. The van der Waals surface area contributed by atoms with Crippen LogP contribution in [0.25, 0.3) is 0 Å². The van der Waals surface area contributed by atoms with E-state index in [9.17, 15) is 0 Å². The highest BCUT2D eigenvalue weighted by molar-refractivity contribution is 5.96. The Kier molecular flexibility index (Phi) is 3.64. The molecular weight excluding hydrogens is 214 g/mol. The number of nitrogens with zero attached hydrogens (tertiary/aromatic N) is 1. The molecule has 0 saturated heterocycles.